The molecule has 0 aliphatic heterocycles. The number of hydrogen-bond donors (Lipinski definition) is 1. The van der Waals surface area contributed by atoms with E-state index in [0.29, 0.717) is 5.82 Å². The third-order valence-corrected chi connectivity index (χ3v) is 1.55. The topological polar surface area (TPSA) is 73.2 Å². The van der Waals surface area contributed by atoms with Crippen LogP contribution in [0.4, 0.5) is 5.82 Å². The summed E-state index contributed by atoms with van der Waals surface area (Å²) >= 11 is 0. The number of amides is 1. The number of esters is 1. The number of aryl methyl sites for hydroxylation is 1. The van der Waals surface area contributed by atoms with Gasteiger partial charge in [-0.1, -0.05) is 0 Å². The van der Waals surface area contributed by atoms with Crippen LogP contribution in [0.2, 0.25) is 0 Å². The number of nitrogens with one attached hydrogen (secondary N) is 1. The van der Waals surface area contributed by atoms with Crippen molar-refractivity contribution in [1.29, 1.82) is 0 Å². The summed E-state index contributed by atoms with van der Waals surface area (Å²) in [7, 11) is 2.92. The molecule has 1 heterocycles. The zero-order chi connectivity index (χ0) is 10.7. The Bertz CT molecular complexity index is 370. The summed E-state index contributed by atoms with van der Waals surface area (Å²) in [5.74, 6) is -0.291. The van der Waals surface area contributed by atoms with Gasteiger partial charge in [0.05, 0.1) is 7.11 Å². The van der Waals surface area contributed by atoms with Crippen LogP contribution in [0.3, 0.4) is 0 Å². The van der Waals surface area contributed by atoms with Gasteiger partial charge in [0, 0.05) is 20.2 Å². The molecular weight excluding hydrogens is 186 g/mol. The Labute approximate surface area is 80.9 Å². The minimum Gasteiger partial charge on any atom is -0.463 e. The summed E-state index contributed by atoms with van der Waals surface area (Å²) in [6, 6.07) is 0. The summed E-state index contributed by atoms with van der Waals surface area (Å²) in [6.45, 7) is 1.37. The third kappa shape index (κ3) is 2.09. The summed E-state index contributed by atoms with van der Waals surface area (Å²) in [5, 5.41) is 2.47. The van der Waals surface area contributed by atoms with Crippen LogP contribution in [0.1, 0.15) is 17.5 Å². The molecule has 1 aromatic rings. The summed E-state index contributed by atoms with van der Waals surface area (Å²) < 4.78 is 5.98. The van der Waals surface area contributed by atoms with Crippen LogP contribution in [0.25, 0.3) is 0 Å². The first-order valence-corrected chi connectivity index (χ1v) is 3.94. The Morgan fingerprint density at radius 3 is 2.71 bits per heavy atom. The molecule has 1 N–H and O–H groups in total. The Kier molecular flexibility index (Phi) is 2.85. The van der Waals surface area contributed by atoms with E-state index in [1.165, 1.54) is 24.8 Å². The monoisotopic (exact) mass is 197 g/mol. The number of anilines is 1. The molecule has 1 rings (SSSR count). The molecule has 6 heteroatoms. The van der Waals surface area contributed by atoms with Gasteiger partial charge in [0.2, 0.25) is 11.7 Å². The van der Waals surface area contributed by atoms with Crippen LogP contribution < -0.4 is 5.32 Å². The van der Waals surface area contributed by atoms with Gasteiger partial charge in [-0.3, -0.25) is 4.79 Å². The van der Waals surface area contributed by atoms with Gasteiger partial charge < -0.3 is 14.6 Å². The lowest BCUT2D eigenvalue weighted by atomic mass is 10.6. The summed E-state index contributed by atoms with van der Waals surface area (Å²) in [6.07, 6.45) is 1.54. The summed E-state index contributed by atoms with van der Waals surface area (Å²) in [5.41, 5.74) is 0. The van der Waals surface area contributed by atoms with Crippen molar-refractivity contribution >= 4 is 17.7 Å². The van der Waals surface area contributed by atoms with Crippen molar-refractivity contribution in [2.45, 2.75) is 6.92 Å². The molecule has 6 nitrogen and oxygen atoms in total. The van der Waals surface area contributed by atoms with Crippen LogP contribution in [0.15, 0.2) is 6.20 Å². The summed E-state index contributed by atoms with van der Waals surface area (Å²) in [4.78, 5) is 25.7. The molecule has 14 heavy (non-hydrogen) atoms. The number of carbonyl (C=O) groups is 2. The smallest absolute Gasteiger partial charge is 0.374 e. The van der Waals surface area contributed by atoms with Gasteiger partial charge in [0.15, 0.2) is 5.82 Å². The molecule has 76 valence electrons. The number of nitrogens with zero attached hydrogens (tertiary/aromatic N) is 2. The zero-order valence-corrected chi connectivity index (χ0v) is 8.20. The van der Waals surface area contributed by atoms with E-state index >= 15 is 0 Å². The first-order chi connectivity index (χ1) is 6.54. The van der Waals surface area contributed by atoms with Crippen molar-refractivity contribution in [3.8, 4) is 0 Å². The molecule has 0 saturated carbocycles. The maximum atomic E-state index is 11.1. The number of carbonyl (C=O) groups excluding carboxylic acids is 2. The van der Waals surface area contributed by atoms with Crippen LogP contribution in [-0.2, 0) is 16.6 Å². The van der Waals surface area contributed by atoms with Gasteiger partial charge in [-0.05, 0) is 0 Å². The van der Waals surface area contributed by atoms with Gasteiger partial charge >= 0.3 is 5.97 Å². The van der Waals surface area contributed by atoms with E-state index < -0.39 is 5.97 Å². The lowest BCUT2D eigenvalue weighted by Crippen LogP contribution is -2.09. The highest BCUT2D eigenvalue weighted by Gasteiger charge is 2.14. The van der Waals surface area contributed by atoms with E-state index in [2.05, 4.69) is 15.0 Å². The second-order valence-electron chi connectivity index (χ2n) is 2.73. The van der Waals surface area contributed by atoms with E-state index in [0.717, 1.165) is 0 Å². The molecule has 0 radical (unpaired) electrons. The van der Waals surface area contributed by atoms with Crippen LogP contribution in [-0.4, -0.2) is 28.5 Å². The largest absolute Gasteiger partial charge is 0.463 e. The number of imidazole rings is 1. The highest BCUT2D eigenvalue weighted by Crippen LogP contribution is 2.07. The Morgan fingerprint density at radius 1 is 1.57 bits per heavy atom. The molecule has 0 unspecified atom stereocenters. The zero-order valence-electron chi connectivity index (χ0n) is 8.20. The van der Waals surface area contributed by atoms with Crippen molar-refractivity contribution < 1.29 is 14.3 Å². The SMILES string of the molecule is COC(=O)c1nc(NC(C)=O)cn1C. The van der Waals surface area contributed by atoms with Crippen molar-refractivity contribution in [2.24, 2.45) is 7.05 Å². The Balaban J connectivity index is 2.93. The molecular formula is C8H11N3O3. The number of rotatable bonds is 2. The standard InChI is InChI=1S/C8H11N3O3/c1-5(12)9-6-4-11(2)7(10-6)8(13)14-3/h4H,1-3H3,(H,9,12). The molecule has 1 amide bonds. The highest BCUT2D eigenvalue weighted by atomic mass is 16.5. The molecule has 0 atom stereocenters. The fourth-order valence-corrected chi connectivity index (χ4v) is 0.988. The normalized spacial score (nSPS) is 9.64. The average molecular weight is 197 g/mol. The van der Waals surface area contributed by atoms with Crippen molar-refractivity contribution in [3.63, 3.8) is 0 Å². The number of methoxy groups -OCH3 is 1. The molecule has 0 aliphatic rings. The fraction of sp³-hybridized carbons (Fsp3) is 0.375. The predicted octanol–water partition coefficient (Wildman–Crippen LogP) is 0.165. The predicted molar refractivity (Wildman–Crippen MR) is 48.9 cm³/mol. The Hall–Kier alpha value is -1.85. The number of aromatic nitrogens is 2. The van der Waals surface area contributed by atoms with Gasteiger partial charge in [-0.2, -0.15) is 0 Å². The van der Waals surface area contributed by atoms with Gasteiger partial charge in [0.1, 0.15) is 0 Å². The van der Waals surface area contributed by atoms with Crippen LogP contribution in [0.5, 0.6) is 0 Å². The molecule has 0 bridgehead atoms. The van der Waals surface area contributed by atoms with Crippen LogP contribution in [0, 0.1) is 0 Å². The maximum absolute atomic E-state index is 11.1. The van der Waals surface area contributed by atoms with E-state index in [1.807, 2.05) is 0 Å². The second-order valence-corrected chi connectivity index (χ2v) is 2.73. The van der Waals surface area contributed by atoms with Crippen molar-refractivity contribution in [2.75, 3.05) is 12.4 Å². The Morgan fingerprint density at radius 2 is 2.21 bits per heavy atom. The van der Waals surface area contributed by atoms with Gasteiger partial charge in [-0.15, -0.1) is 0 Å². The van der Waals surface area contributed by atoms with Crippen molar-refractivity contribution in [1.82, 2.24) is 9.55 Å². The first-order valence-electron chi connectivity index (χ1n) is 3.94. The minimum absolute atomic E-state index is 0.149. The van der Waals surface area contributed by atoms with Crippen LogP contribution >= 0.6 is 0 Å². The van der Waals surface area contributed by atoms with E-state index in [1.54, 1.807) is 7.05 Å². The van der Waals surface area contributed by atoms with Gasteiger partial charge in [-0.25, -0.2) is 9.78 Å². The number of hydrogen-bond acceptors (Lipinski definition) is 4. The molecule has 0 fully saturated rings. The highest BCUT2D eigenvalue weighted by molar-refractivity contribution is 5.90. The number of ether oxygens (including phenoxy) is 1. The van der Waals surface area contributed by atoms with E-state index in [4.69, 9.17) is 0 Å². The lowest BCUT2D eigenvalue weighted by molar-refractivity contribution is -0.114. The fourth-order valence-electron chi connectivity index (χ4n) is 0.988. The molecule has 0 spiro atoms. The quantitative estimate of drug-likeness (QED) is 0.685. The minimum atomic E-state index is -0.538. The average Bonchev–Trinajstić information content (AvgIpc) is 2.44. The molecule has 0 saturated heterocycles. The molecule has 1 aromatic heterocycles. The second kappa shape index (κ2) is 3.91. The molecule has 0 aliphatic carbocycles. The van der Waals surface area contributed by atoms with E-state index in [-0.39, 0.29) is 11.7 Å². The van der Waals surface area contributed by atoms with Gasteiger partial charge in [0.25, 0.3) is 0 Å². The van der Waals surface area contributed by atoms with Crippen molar-refractivity contribution in [3.05, 3.63) is 12.0 Å². The first kappa shape index (κ1) is 10.2. The maximum Gasteiger partial charge on any atom is 0.374 e. The lowest BCUT2D eigenvalue weighted by Gasteiger charge is -1.96. The third-order valence-electron chi connectivity index (χ3n) is 1.55. The molecule has 0 aromatic carbocycles. The van der Waals surface area contributed by atoms with E-state index in [9.17, 15) is 9.59 Å².